The van der Waals surface area contributed by atoms with E-state index in [2.05, 4.69) is 4.98 Å². The van der Waals surface area contributed by atoms with Crippen LogP contribution in [-0.4, -0.2) is 21.0 Å². The van der Waals surface area contributed by atoms with Gasteiger partial charge in [-0.05, 0) is 31.2 Å². The summed E-state index contributed by atoms with van der Waals surface area (Å²) in [5.74, 6) is -1.000. The maximum absolute atomic E-state index is 10.9. The van der Waals surface area contributed by atoms with Gasteiger partial charge in [-0.15, -0.1) is 0 Å². The predicted molar refractivity (Wildman–Crippen MR) is 73.2 cm³/mol. The van der Waals surface area contributed by atoms with E-state index in [9.17, 15) is 14.9 Å². The first kappa shape index (κ1) is 14.0. The maximum Gasteiger partial charge on any atom is 0.335 e. The highest BCUT2D eigenvalue weighted by Crippen LogP contribution is 2.29. The molecule has 0 aliphatic rings. The van der Waals surface area contributed by atoms with Crippen molar-refractivity contribution in [1.29, 1.82) is 0 Å². The standard InChI is InChI=1S/C13H10N2O4S/c1-8-5-12(14-7-11(8)15(18)19)20-10-4-2-3-9(6-10)13(16)17/h2-7H,1H3,(H,16,17). The molecule has 7 heteroatoms. The van der Waals surface area contributed by atoms with Crippen molar-refractivity contribution in [3.8, 4) is 0 Å². The smallest absolute Gasteiger partial charge is 0.335 e. The molecule has 1 N–H and O–H groups in total. The zero-order valence-corrected chi connectivity index (χ0v) is 11.3. The van der Waals surface area contributed by atoms with Gasteiger partial charge in [0.15, 0.2) is 0 Å². The van der Waals surface area contributed by atoms with Crippen LogP contribution < -0.4 is 0 Å². The fourth-order valence-corrected chi connectivity index (χ4v) is 2.50. The molecular weight excluding hydrogens is 280 g/mol. The molecule has 0 fully saturated rings. The van der Waals surface area contributed by atoms with Crippen molar-refractivity contribution in [3.63, 3.8) is 0 Å². The normalized spacial score (nSPS) is 10.2. The van der Waals surface area contributed by atoms with Gasteiger partial charge in [-0.2, -0.15) is 0 Å². The van der Waals surface area contributed by atoms with Crippen LogP contribution in [0.4, 0.5) is 5.69 Å². The zero-order valence-electron chi connectivity index (χ0n) is 10.4. The fourth-order valence-electron chi connectivity index (χ4n) is 1.58. The molecule has 102 valence electrons. The lowest BCUT2D eigenvalue weighted by Crippen LogP contribution is -1.96. The van der Waals surface area contributed by atoms with E-state index >= 15 is 0 Å². The van der Waals surface area contributed by atoms with E-state index in [1.165, 1.54) is 30.1 Å². The lowest BCUT2D eigenvalue weighted by atomic mass is 10.2. The van der Waals surface area contributed by atoms with Gasteiger partial charge in [-0.3, -0.25) is 10.1 Å². The van der Waals surface area contributed by atoms with E-state index in [1.807, 2.05) is 0 Å². The minimum atomic E-state index is -1.000. The molecule has 1 heterocycles. The van der Waals surface area contributed by atoms with Gasteiger partial charge in [-0.25, -0.2) is 9.78 Å². The Bertz CT molecular complexity index is 688. The minimum absolute atomic E-state index is 0.0337. The van der Waals surface area contributed by atoms with E-state index in [0.717, 1.165) is 0 Å². The van der Waals surface area contributed by atoms with Crippen LogP contribution in [0.2, 0.25) is 0 Å². The maximum atomic E-state index is 10.9. The SMILES string of the molecule is Cc1cc(Sc2cccc(C(=O)O)c2)ncc1[N+](=O)[O-]. The van der Waals surface area contributed by atoms with Gasteiger partial charge in [0, 0.05) is 10.5 Å². The van der Waals surface area contributed by atoms with Crippen molar-refractivity contribution in [2.45, 2.75) is 16.8 Å². The van der Waals surface area contributed by atoms with Crippen LogP contribution in [0, 0.1) is 17.0 Å². The Labute approximate surface area is 118 Å². The topological polar surface area (TPSA) is 93.3 Å². The van der Waals surface area contributed by atoms with Crippen LogP contribution in [-0.2, 0) is 0 Å². The van der Waals surface area contributed by atoms with Crippen molar-refractivity contribution in [2.24, 2.45) is 0 Å². The van der Waals surface area contributed by atoms with Gasteiger partial charge in [0.25, 0.3) is 5.69 Å². The van der Waals surface area contributed by atoms with Gasteiger partial charge in [0.2, 0.25) is 0 Å². The molecule has 0 amide bonds. The van der Waals surface area contributed by atoms with Gasteiger partial charge in [0.05, 0.1) is 10.5 Å². The van der Waals surface area contributed by atoms with Gasteiger partial charge in [0.1, 0.15) is 11.2 Å². The summed E-state index contributed by atoms with van der Waals surface area (Å²) in [6.07, 6.45) is 1.21. The predicted octanol–water partition coefficient (Wildman–Crippen LogP) is 3.15. The molecule has 1 aromatic carbocycles. The van der Waals surface area contributed by atoms with Crippen LogP contribution in [0.1, 0.15) is 15.9 Å². The lowest BCUT2D eigenvalue weighted by Gasteiger charge is -2.03. The molecule has 6 nitrogen and oxygen atoms in total. The Kier molecular flexibility index (Phi) is 3.99. The quantitative estimate of drug-likeness (QED) is 0.686. The number of hydrogen-bond donors (Lipinski definition) is 1. The summed E-state index contributed by atoms with van der Waals surface area (Å²) in [5, 5.41) is 20.2. The molecule has 0 bridgehead atoms. The fraction of sp³-hybridized carbons (Fsp3) is 0.0769. The van der Waals surface area contributed by atoms with Crippen LogP contribution in [0.15, 0.2) is 46.5 Å². The van der Waals surface area contributed by atoms with Gasteiger partial charge in [-0.1, -0.05) is 17.8 Å². The molecule has 0 radical (unpaired) electrons. The average Bonchev–Trinajstić information content (AvgIpc) is 2.38. The number of pyridine rings is 1. The third-order valence-corrected chi connectivity index (χ3v) is 3.48. The molecule has 20 heavy (non-hydrogen) atoms. The van der Waals surface area contributed by atoms with E-state index in [0.29, 0.717) is 15.5 Å². The molecule has 0 saturated carbocycles. The number of carbonyl (C=O) groups is 1. The minimum Gasteiger partial charge on any atom is -0.478 e. The van der Waals surface area contributed by atoms with Crippen molar-refractivity contribution in [3.05, 3.63) is 57.8 Å². The monoisotopic (exact) mass is 290 g/mol. The molecule has 2 rings (SSSR count). The number of nitrogens with zero attached hydrogens (tertiary/aromatic N) is 2. The first-order valence-electron chi connectivity index (χ1n) is 5.59. The van der Waals surface area contributed by atoms with E-state index in [-0.39, 0.29) is 11.3 Å². The van der Waals surface area contributed by atoms with Gasteiger partial charge < -0.3 is 5.11 Å². The number of aromatic nitrogens is 1. The van der Waals surface area contributed by atoms with E-state index in [1.54, 1.807) is 25.1 Å². The number of carboxylic acid groups (broad SMARTS) is 1. The molecule has 0 atom stereocenters. The Morgan fingerprint density at radius 3 is 2.75 bits per heavy atom. The Morgan fingerprint density at radius 1 is 1.40 bits per heavy atom. The molecule has 2 aromatic rings. The number of carboxylic acids is 1. The third kappa shape index (κ3) is 3.12. The molecule has 0 aliphatic heterocycles. The second-order valence-corrected chi connectivity index (χ2v) is 5.09. The van der Waals surface area contributed by atoms with Crippen LogP contribution >= 0.6 is 11.8 Å². The lowest BCUT2D eigenvalue weighted by molar-refractivity contribution is -0.385. The largest absolute Gasteiger partial charge is 0.478 e. The van der Waals surface area contributed by atoms with Crippen molar-refractivity contribution >= 4 is 23.4 Å². The van der Waals surface area contributed by atoms with E-state index in [4.69, 9.17) is 5.11 Å². The number of nitro groups is 1. The summed E-state index contributed by atoms with van der Waals surface area (Å²) in [6.45, 7) is 1.64. The first-order valence-corrected chi connectivity index (χ1v) is 6.41. The molecular formula is C13H10N2O4S. The number of benzene rings is 1. The Hall–Kier alpha value is -2.41. The number of aryl methyl sites for hydroxylation is 1. The summed E-state index contributed by atoms with van der Waals surface area (Å²) >= 11 is 1.26. The third-order valence-electron chi connectivity index (χ3n) is 2.56. The first-order chi connectivity index (χ1) is 9.47. The molecule has 0 saturated heterocycles. The van der Waals surface area contributed by atoms with E-state index < -0.39 is 10.9 Å². The molecule has 1 aromatic heterocycles. The van der Waals surface area contributed by atoms with Crippen molar-refractivity contribution in [1.82, 2.24) is 4.98 Å². The second kappa shape index (κ2) is 5.70. The zero-order chi connectivity index (χ0) is 14.7. The average molecular weight is 290 g/mol. The summed E-state index contributed by atoms with van der Waals surface area (Å²) < 4.78 is 0. The second-order valence-electron chi connectivity index (χ2n) is 4.00. The highest BCUT2D eigenvalue weighted by molar-refractivity contribution is 7.99. The molecule has 0 aliphatic carbocycles. The number of hydrogen-bond acceptors (Lipinski definition) is 5. The van der Waals surface area contributed by atoms with Crippen LogP contribution in [0.5, 0.6) is 0 Å². The Balaban J connectivity index is 2.26. The summed E-state index contributed by atoms with van der Waals surface area (Å²) in [5.41, 5.74) is 0.671. The van der Waals surface area contributed by atoms with Crippen molar-refractivity contribution < 1.29 is 14.8 Å². The van der Waals surface area contributed by atoms with Crippen LogP contribution in [0.3, 0.4) is 0 Å². The number of aromatic carboxylic acids is 1. The van der Waals surface area contributed by atoms with Crippen molar-refractivity contribution in [2.75, 3.05) is 0 Å². The summed E-state index contributed by atoms with van der Waals surface area (Å²) in [6, 6.07) is 8.04. The summed E-state index contributed by atoms with van der Waals surface area (Å²) in [4.78, 5) is 25.8. The van der Waals surface area contributed by atoms with Crippen LogP contribution in [0.25, 0.3) is 0 Å². The highest BCUT2D eigenvalue weighted by Gasteiger charge is 2.12. The summed E-state index contributed by atoms with van der Waals surface area (Å²) in [7, 11) is 0. The Morgan fingerprint density at radius 2 is 2.15 bits per heavy atom. The highest BCUT2D eigenvalue weighted by atomic mass is 32.2. The molecule has 0 unspecified atom stereocenters. The van der Waals surface area contributed by atoms with Gasteiger partial charge >= 0.3 is 5.97 Å². The molecule has 0 spiro atoms. The number of rotatable bonds is 4.